The third kappa shape index (κ3) is 2.96. The molecule has 0 spiro atoms. The minimum absolute atomic E-state index is 0.0329. The molecule has 4 nitrogen and oxygen atoms in total. The van der Waals surface area contributed by atoms with Crippen molar-refractivity contribution in [2.24, 2.45) is 0 Å². The van der Waals surface area contributed by atoms with Crippen molar-refractivity contribution in [1.29, 1.82) is 0 Å². The van der Waals surface area contributed by atoms with Gasteiger partial charge >= 0.3 is 0 Å². The van der Waals surface area contributed by atoms with Gasteiger partial charge in [0.25, 0.3) is 0 Å². The van der Waals surface area contributed by atoms with E-state index in [2.05, 4.69) is 39.4 Å². The first-order valence-corrected chi connectivity index (χ1v) is 8.72. The van der Waals surface area contributed by atoms with Crippen molar-refractivity contribution in [2.75, 3.05) is 19.7 Å². The number of nitrogens with zero attached hydrogens (tertiary/aromatic N) is 3. The monoisotopic (exact) mass is 407 g/mol. The SMILES string of the molecule is CCCc1nc(C2CN3CCCC3CO2)nc(Cl)c1I. The molecule has 6 heteroatoms. The summed E-state index contributed by atoms with van der Waals surface area (Å²) in [4.78, 5) is 11.7. The van der Waals surface area contributed by atoms with Crippen molar-refractivity contribution in [3.63, 3.8) is 0 Å². The van der Waals surface area contributed by atoms with Crippen molar-refractivity contribution in [1.82, 2.24) is 14.9 Å². The molecule has 3 rings (SSSR count). The number of halogens is 2. The third-order valence-electron chi connectivity index (χ3n) is 4.06. The number of morpholine rings is 1. The maximum Gasteiger partial charge on any atom is 0.160 e. The van der Waals surface area contributed by atoms with Crippen LogP contribution in [0.25, 0.3) is 0 Å². The fraction of sp³-hybridized carbons (Fsp3) is 0.714. The second-order valence-corrected chi connectivity index (χ2v) is 6.93. The van der Waals surface area contributed by atoms with E-state index < -0.39 is 0 Å². The van der Waals surface area contributed by atoms with Crippen molar-refractivity contribution in [3.05, 3.63) is 20.2 Å². The summed E-state index contributed by atoms with van der Waals surface area (Å²) in [6.45, 7) is 5.01. The van der Waals surface area contributed by atoms with E-state index >= 15 is 0 Å². The molecule has 1 aromatic rings. The molecule has 0 aromatic carbocycles. The van der Waals surface area contributed by atoms with E-state index in [9.17, 15) is 0 Å². The Kier molecular flexibility index (Phi) is 4.79. The molecule has 0 N–H and O–H groups in total. The molecular weight excluding hydrogens is 389 g/mol. The summed E-state index contributed by atoms with van der Waals surface area (Å²) < 4.78 is 6.95. The minimum Gasteiger partial charge on any atom is -0.367 e. The van der Waals surface area contributed by atoms with Gasteiger partial charge in [0.15, 0.2) is 5.82 Å². The van der Waals surface area contributed by atoms with E-state index in [1.54, 1.807) is 0 Å². The van der Waals surface area contributed by atoms with E-state index in [0.29, 0.717) is 11.2 Å². The van der Waals surface area contributed by atoms with Crippen LogP contribution >= 0.6 is 34.2 Å². The number of rotatable bonds is 3. The Morgan fingerprint density at radius 2 is 2.30 bits per heavy atom. The van der Waals surface area contributed by atoms with Crippen LogP contribution < -0.4 is 0 Å². The fourth-order valence-electron chi connectivity index (χ4n) is 3.00. The molecule has 1 aromatic heterocycles. The molecule has 2 aliphatic rings. The van der Waals surface area contributed by atoms with Crippen molar-refractivity contribution in [3.8, 4) is 0 Å². The Morgan fingerprint density at radius 3 is 3.10 bits per heavy atom. The van der Waals surface area contributed by atoms with Crippen LogP contribution in [0.5, 0.6) is 0 Å². The zero-order chi connectivity index (χ0) is 14.1. The number of aromatic nitrogens is 2. The lowest BCUT2D eigenvalue weighted by Crippen LogP contribution is -2.43. The van der Waals surface area contributed by atoms with Crippen LogP contribution in [0, 0.1) is 3.57 Å². The Bertz CT molecular complexity index is 500. The second kappa shape index (κ2) is 6.42. The third-order valence-corrected chi connectivity index (χ3v) is 5.79. The Morgan fingerprint density at radius 1 is 1.45 bits per heavy atom. The standard InChI is InChI=1S/C14H19ClIN3O/c1-2-4-10-12(16)13(15)18-14(17-10)11-7-19-6-3-5-9(19)8-20-11/h9,11H,2-8H2,1H3. The summed E-state index contributed by atoms with van der Waals surface area (Å²) in [5.74, 6) is 0.754. The topological polar surface area (TPSA) is 38.2 Å². The van der Waals surface area contributed by atoms with Crippen molar-refractivity contribution in [2.45, 2.75) is 44.8 Å². The summed E-state index contributed by atoms with van der Waals surface area (Å²) in [5, 5.41) is 0.561. The molecule has 20 heavy (non-hydrogen) atoms. The number of aryl methyl sites for hydroxylation is 1. The predicted octanol–water partition coefficient (Wildman–Crippen LogP) is 3.22. The number of ether oxygens (including phenoxy) is 1. The van der Waals surface area contributed by atoms with Crippen LogP contribution in [-0.2, 0) is 11.2 Å². The largest absolute Gasteiger partial charge is 0.367 e. The molecule has 2 atom stereocenters. The number of hydrogen-bond acceptors (Lipinski definition) is 4. The van der Waals surface area contributed by atoms with E-state index in [-0.39, 0.29) is 6.10 Å². The van der Waals surface area contributed by atoms with E-state index in [1.165, 1.54) is 19.4 Å². The van der Waals surface area contributed by atoms with E-state index in [4.69, 9.17) is 21.3 Å². The molecule has 0 bridgehead atoms. The summed E-state index contributed by atoms with van der Waals surface area (Å²) in [5.41, 5.74) is 1.05. The lowest BCUT2D eigenvalue weighted by molar-refractivity contribution is -0.0542. The van der Waals surface area contributed by atoms with Gasteiger partial charge in [-0.1, -0.05) is 24.9 Å². The molecule has 2 saturated heterocycles. The smallest absolute Gasteiger partial charge is 0.160 e. The Balaban J connectivity index is 1.82. The van der Waals surface area contributed by atoms with Crippen LogP contribution in [0.15, 0.2) is 0 Å². The highest BCUT2D eigenvalue weighted by atomic mass is 127. The summed E-state index contributed by atoms with van der Waals surface area (Å²) in [7, 11) is 0. The molecule has 2 unspecified atom stereocenters. The van der Waals surface area contributed by atoms with Crippen molar-refractivity contribution >= 4 is 34.2 Å². The Labute approximate surface area is 138 Å². The summed E-state index contributed by atoms with van der Waals surface area (Å²) in [6.07, 6.45) is 4.49. The summed E-state index contributed by atoms with van der Waals surface area (Å²) >= 11 is 8.49. The second-order valence-electron chi connectivity index (χ2n) is 5.50. The normalized spacial score (nSPS) is 26.8. The van der Waals surface area contributed by atoms with Crippen LogP contribution in [0.1, 0.15) is 43.8 Å². The Hall–Kier alpha value is 0.0200. The molecule has 0 radical (unpaired) electrons. The van der Waals surface area contributed by atoms with Crippen LogP contribution in [-0.4, -0.2) is 40.6 Å². The first-order valence-electron chi connectivity index (χ1n) is 7.26. The average molecular weight is 408 g/mol. The zero-order valence-electron chi connectivity index (χ0n) is 11.6. The maximum atomic E-state index is 6.26. The lowest BCUT2D eigenvalue weighted by Gasteiger charge is -2.34. The van der Waals surface area contributed by atoms with Gasteiger partial charge in [0.1, 0.15) is 11.3 Å². The highest BCUT2D eigenvalue weighted by Crippen LogP contribution is 2.30. The van der Waals surface area contributed by atoms with Gasteiger partial charge in [0.05, 0.1) is 15.9 Å². The van der Waals surface area contributed by atoms with Gasteiger partial charge in [-0.3, -0.25) is 4.90 Å². The number of hydrogen-bond donors (Lipinski definition) is 0. The highest BCUT2D eigenvalue weighted by Gasteiger charge is 2.34. The highest BCUT2D eigenvalue weighted by molar-refractivity contribution is 14.1. The average Bonchev–Trinajstić information content (AvgIpc) is 2.91. The number of fused-ring (bicyclic) bond motifs is 1. The first-order chi connectivity index (χ1) is 9.69. The van der Waals surface area contributed by atoms with Gasteiger partial charge in [-0.25, -0.2) is 9.97 Å². The molecule has 0 aliphatic carbocycles. The van der Waals surface area contributed by atoms with Gasteiger partial charge in [-0.2, -0.15) is 0 Å². The molecule has 3 heterocycles. The van der Waals surface area contributed by atoms with Gasteiger partial charge in [-0.15, -0.1) is 0 Å². The summed E-state index contributed by atoms with van der Waals surface area (Å²) in [6, 6.07) is 0.598. The molecule has 2 fully saturated rings. The first kappa shape index (κ1) is 14.9. The van der Waals surface area contributed by atoms with E-state index in [0.717, 1.165) is 41.1 Å². The van der Waals surface area contributed by atoms with Gasteiger partial charge in [0.2, 0.25) is 0 Å². The zero-order valence-corrected chi connectivity index (χ0v) is 14.5. The minimum atomic E-state index is -0.0329. The van der Waals surface area contributed by atoms with Crippen LogP contribution in [0.2, 0.25) is 5.15 Å². The fourth-order valence-corrected chi connectivity index (χ4v) is 3.71. The van der Waals surface area contributed by atoms with Crippen molar-refractivity contribution < 1.29 is 4.74 Å². The maximum absolute atomic E-state index is 6.26. The molecular formula is C14H19ClIN3O. The van der Waals surface area contributed by atoms with E-state index in [1.807, 2.05) is 0 Å². The van der Waals surface area contributed by atoms with Crippen LogP contribution in [0.4, 0.5) is 0 Å². The molecule has 0 amide bonds. The predicted molar refractivity (Wildman–Crippen MR) is 87.0 cm³/mol. The van der Waals surface area contributed by atoms with Crippen LogP contribution in [0.3, 0.4) is 0 Å². The molecule has 0 saturated carbocycles. The molecule has 110 valence electrons. The molecule has 2 aliphatic heterocycles. The quantitative estimate of drug-likeness (QED) is 0.570. The van der Waals surface area contributed by atoms with Gasteiger partial charge in [-0.05, 0) is 48.4 Å². The van der Waals surface area contributed by atoms with Gasteiger partial charge < -0.3 is 4.74 Å². The van der Waals surface area contributed by atoms with Gasteiger partial charge in [0, 0.05) is 12.6 Å². The lowest BCUT2D eigenvalue weighted by atomic mass is 10.1.